The van der Waals surface area contributed by atoms with Gasteiger partial charge in [-0.3, -0.25) is 0 Å². The van der Waals surface area contributed by atoms with Gasteiger partial charge in [0.25, 0.3) is 0 Å². The molecule has 2 heterocycles. The van der Waals surface area contributed by atoms with Crippen molar-refractivity contribution in [3.8, 4) is 10.6 Å². The molecule has 1 aromatic carbocycles. The van der Waals surface area contributed by atoms with Gasteiger partial charge in [0.05, 0.1) is 0 Å². The van der Waals surface area contributed by atoms with Gasteiger partial charge in [-0.15, -0.1) is 10.2 Å². The van der Waals surface area contributed by atoms with Gasteiger partial charge in [0, 0.05) is 31.3 Å². The standard InChI is InChI=1S/C25H38N4OS/c1-24(2)11-12-25(3,4)21-17-18(7-8-20(21)24)22-27-28-23(31-22)29-14-9-19(10-15-29)26-13-5-6-16-30/h7-8,17,19,26,30H,5-6,9-16H2,1-4H3. The van der Waals surface area contributed by atoms with Crippen LogP contribution >= 0.6 is 11.3 Å². The third-order valence-electron chi connectivity index (χ3n) is 7.30. The molecule has 0 saturated carbocycles. The molecule has 2 N–H and O–H groups in total. The summed E-state index contributed by atoms with van der Waals surface area (Å²) < 4.78 is 0. The van der Waals surface area contributed by atoms with Crippen LogP contribution in [-0.2, 0) is 10.8 Å². The van der Waals surface area contributed by atoms with Crippen molar-refractivity contribution < 1.29 is 5.11 Å². The minimum atomic E-state index is 0.209. The molecule has 2 aromatic rings. The Morgan fingerprint density at radius 1 is 1.03 bits per heavy atom. The fourth-order valence-electron chi connectivity index (χ4n) is 5.00. The van der Waals surface area contributed by atoms with Crippen LogP contribution in [0.4, 0.5) is 5.13 Å². The van der Waals surface area contributed by atoms with Crippen LogP contribution in [0.2, 0.25) is 0 Å². The lowest BCUT2D eigenvalue weighted by Crippen LogP contribution is -2.42. The smallest absolute Gasteiger partial charge is 0.208 e. The molecule has 2 aliphatic rings. The quantitative estimate of drug-likeness (QED) is 0.598. The van der Waals surface area contributed by atoms with E-state index in [1.165, 1.54) is 29.5 Å². The van der Waals surface area contributed by atoms with E-state index in [-0.39, 0.29) is 10.8 Å². The van der Waals surface area contributed by atoms with Crippen molar-refractivity contribution in [1.29, 1.82) is 0 Å². The fraction of sp³-hybridized carbons (Fsp3) is 0.680. The van der Waals surface area contributed by atoms with E-state index in [1.54, 1.807) is 11.3 Å². The van der Waals surface area contributed by atoms with Crippen molar-refractivity contribution in [2.75, 3.05) is 31.1 Å². The maximum atomic E-state index is 8.91. The van der Waals surface area contributed by atoms with Gasteiger partial charge in [-0.05, 0) is 73.1 Å². The summed E-state index contributed by atoms with van der Waals surface area (Å²) in [5.41, 5.74) is 4.62. The molecule has 1 fully saturated rings. The first kappa shape index (κ1) is 22.7. The monoisotopic (exact) mass is 442 g/mol. The average Bonchev–Trinajstić information content (AvgIpc) is 3.25. The normalized spacial score (nSPS) is 20.6. The second-order valence-corrected chi connectivity index (χ2v) is 11.5. The Bertz CT molecular complexity index is 883. The minimum Gasteiger partial charge on any atom is -0.396 e. The molecule has 0 bridgehead atoms. The Kier molecular flexibility index (Phi) is 6.71. The maximum Gasteiger partial charge on any atom is 0.208 e. The van der Waals surface area contributed by atoms with Gasteiger partial charge in [-0.1, -0.05) is 51.2 Å². The van der Waals surface area contributed by atoms with Crippen molar-refractivity contribution in [2.45, 2.75) is 83.1 Å². The number of anilines is 1. The second kappa shape index (κ2) is 9.16. The molecule has 1 aliphatic carbocycles. The molecule has 1 saturated heterocycles. The number of aliphatic hydroxyl groups excluding tert-OH is 1. The van der Waals surface area contributed by atoms with Crippen molar-refractivity contribution in [1.82, 2.24) is 15.5 Å². The minimum absolute atomic E-state index is 0.209. The van der Waals surface area contributed by atoms with Gasteiger partial charge in [0.15, 0.2) is 0 Å². The van der Waals surface area contributed by atoms with Crippen LogP contribution in [0.1, 0.15) is 77.3 Å². The van der Waals surface area contributed by atoms with Gasteiger partial charge in [0.1, 0.15) is 5.01 Å². The van der Waals surface area contributed by atoms with Crippen LogP contribution in [0.5, 0.6) is 0 Å². The topological polar surface area (TPSA) is 61.3 Å². The Hall–Kier alpha value is -1.50. The van der Waals surface area contributed by atoms with Crippen LogP contribution in [-0.4, -0.2) is 47.6 Å². The van der Waals surface area contributed by atoms with E-state index >= 15 is 0 Å². The first-order valence-electron chi connectivity index (χ1n) is 11.9. The van der Waals surface area contributed by atoms with Crippen LogP contribution in [0.3, 0.4) is 0 Å². The molecule has 1 aromatic heterocycles. The highest BCUT2D eigenvalue weighted by Crippen LogP contribution is 2.47. The van der Waals surface area contributed by atoms with Crippen molar-refractivity contribution in [3.63, 3.8) is 0 Å². The first-order valence-corrected chi connectivity index (χ1v) is 12.7. The number of nitrogens with one attached hydrogen (secondary N) is 1. The first-order chi connectivity index (χ1) is 14.8. The molecule has 5 nitrogen and oxygen atoms in total. The highest BCUT2D eigenvalue weighted by molar-refractivity contribution is 7.18. The third kappa shape index (κ3) is 4.96. The molecule has 0 atom stereocenters. The van der Waals surface area contributed by atoms with E-state index in [0.29, 0.717) is 12.6 Å². The molecule has 0 unspecified atom stereocenters. The van der Waals surface area contributed by atoms with E-state index in [0.717, 1.165) is 55.5 Å². The largest absolute Gasteiger partial charge is 0.396 e. The summed E-state index contributed by atoms with van der Waals surface area (Å²) in [6, 6.07) is 7.53. The summed E-state index contributed by atoms with van der Waals surface area (Å²) >= 11 is 1.72. The zero-order chi connectivity index (χ0) is 22.1. The summed E-state index contributed by atoms with van der Waals surface area (Å²) in [7, 11) is 0. The number of unbranched alkanes of at least 4 members (excludes halogenated alkanes) is 1. The number of rotatable bonds is 7. The van der Waals surface area contributed by atoms with E-state index in [2.05, 4.69) is 66.3 Å². The highest BCUT2D eigenvalue weighted by Gasteiger charge is 2.37. The van der Waals surface area contributed by atoms with E-state index in [1.807, 2.05) is 0 Å². The Balaban J connectivity index is 1.43. The lowest BCUT2D eigenvalue weighted by atomic mass is 9.63. The van der Waals surface area contributed by atoms with Gasteiger partial charge in [-0.25, -0.2) is 0 Å². The average molecular weight is 443 g/mol. The Morgan fingerprint density at radius 2 is 1.74 bits per heavy atom. The number of hydrogen-bond donors (Lipinski definition) is 2. The molecule has 170 valence electrons. The van der Waals surface area contributed by atoms with Crippen LogP contribution in [0, 0.1) is 0 Å². The fourth-order valence-corrected chi connectivity index (χ4v) is 5.89. The number of benzene rings is 1. The molecule has 6 heteroatoms. The predicted octanol–water partition coefficient (Wildman–Crippen LogP) is 4.89. The third-order valence-corrected chi connectivity index (χ3v) is 8.33. The van der Waals surface area contributed by atoms with E-state index < -0.39 is 0 Å². The molecule has 31 heavy (non-hydrogen) atoms. The summed E-state index contributed by atoms with van der Waals surface area (Å²) in [6.45, 7) is 12.8. The number of aromatic nitrogens is 2. The zero-order valence-electron chi connectivity index (χ0n) is 19.6. The molecule has 0 spiro atoms. The second-order valence-electron chi connectivity index (χ2n) is 10.6. The number of aliphatic hydroxyl groups is 1. The van der Waals surface area contributed by atoms with Crippen molar-refractivity contribution >= 4 is 16.5 Å². The Labute approximate surface area is 191 Å². The lowest BCUT2D eigenvalue weighted by molar-refractivity contribution is 0.281. The number of fused-ring (bicyclic) bond motifs is 1. The lowest BCUT2D eigenvalue weighted by Gasteiger charge is -2.42. The molecule has 0 radical (unpaired) electrons. The van der Waals surface area contributed by atoms with Crippen molar-refractivity contribution in [2.24, 2.45) is 0 Å². The van der Waals surface area contributed by atoms with Gasteiger partial charge >= 0.3 is 0 Å². The molecular formula is C25H38N4OS. The van der Waals surface area contributed by atoms with E-state index in [4.69, 9.17) is 5.11 Å². The molecule has 0 amide bonds. The maximum absolute atomic E-state index is 8.91. The van der Waals surface area contributed by atoms with Gasteiger partial charge in [-0.2, -0.15) is 0 Å². The summed E-state index contributed by atoms with van der Waals surface area (Å²) in [5, 5.41) is 23.7. The SMILES string of the molecule is CC1(C)CCC(C)(C)c2cc(-c3nnc(N4CCC(NCCCCO)CC4)s3)ccc21. The Morgan fingerprint density at radius 3 is 2.45 bits per heavy atom. The van der Waals surface area contributed by atoms with Crippen LogP contribution < -0.4 is 10.2 Å². The summed E-state index contributed by atoms with van der Waals surface area (Å²) in [5.74, 6) is 0. The number of hydrogen-bond acceptors (Lipinski definition) is 6. The van der Waals surface area contributed by atoms with Gasteiger partial charge < -0.3 is 15.3 Å². The number of piperidine rings is 1. The molecule has 1 aliphatic heterocycles. The zero-order valence-corrected chi connectivity index (χ0v) is 20.4. The van der Waals surface area contributed by atoms with E-state index in [9.17, 15) is 0 Å². The van der Waals surface area contributed by atoms with Gasteiger partial charge in [0.2, 0.25) is 5.13 Å². The highest BCUT2D eigenvalue weighted by atomic mass is 32.1. The summed E-state index contributed by atoms with van der Waals surface area (Å²) in [6.07, 6.45) is 6.66. The predicted molar refractivity (Wildman–Crippen MR) is 130 cm³/mol. The van der Waals surface area contributed by atoms with Crippen LogP contribution in [0.25, 0.3) is 10.6 Å². The van der Waals surface area contributed by atoms with Crippen LogP contribution in [0.15, 0.2) is 18.2 Å². The number of nitrogens with zero attached hydrogens (tertiary/aromatic N) is 3. The van der Waals surface area contributed by atoms with Crippen molar-refractivity contribution in [3.05, 3.63) is 29.3 Å². The molecule has 4 rings (SSSR count). The molecular weight excluding hydrogens is 404 g/mol. The summed E-state index contributed by atoms with van der Waals surface area (Å²) in [4.78, 5) is 2.39.